The van der Waals surface area contributed by atoms with Gasteiger partial charge in [0.2, 0.25) is 0 Å². The molecule has 4 rings (SSSR count). The van der Waals surface area contributed by atoms with Gasteiger partial charge in [0.25, 0.3) is 0 Å². The summed E-state index contributed by atoms with van der Waals surface area (Å²) < 4.78 is 11.9. The third-order valence-corrected chi connectivity index (χ3v) is 4.65. The summed E-state index contributed by atoms with van der Waals surface area (Å²) in [4.78, 5) is 7.09. The fourth-order valence-electron chi connectivity index (χ4n) is 3.47. The van der Waals surface area contributed by atoms with Crippen LogP contribution in [0, 0.1) is 13.8 Å². The van der Waals surface area contributed by atoms with E-state index in [2.05, 4.69) is 36.9 Å². The van der Waals surface area contributed by atoms with Gasteiger partial charge in [-0.05, 0) is 38.8 Å². The van der Waals surface area contributed by atoms with Crippen LogP contribution in [0.5, 0.6) is 5.75 Å². The lowest BCUT2D eigenvalue weighted by Gasteiger charge is -2.31. The van der Waals surface area contributed by atoms with E-state index in [0.717, 1.165) is 48.5 Å². The Balaban J connectivity index is 1.66. The summed E-state index contributed by atoms with van der Waals surface area (Å²) in [5.41, 5.74) is 4.56. The molecule has 2 aliphatic rings. The van der Waals surface area contributed by atoms with Gasteiger partial charge in [-0.25, -0.2) is 0 Å². The van der Waals surface area contributed by atoms with Crippen molar-refractivity contribution in [2.24, 2.45) is 0 Å². The molecule has 116 valence electrons. The summed E-state index contributed by atoms with van der Waals surface area (Å²) in [6, 6.07) is 6.37. The zero-order valence-electron chi connectivity index (χ0n) is 13.3. The second kappa shape index (κ2) is 5.52. The van der Waals surface area contributed by atoms with Crippen LogP contribution in [0.15, 0.2) is 18.2 Å². The second-order valence-electron chi connectivity index (χ2n) is 6.45. The molecule has 0 N–H and O–H groups in total. The van der Waals surface area contributed by atoms with Crippen molar-refractivity contribution >= 4 is 10.9 Å². The van der Waals surface area contributed by atoms with Gasteiger partial charge in [-0.1, -0.05) is 11.6 Å². The van der Waals surface area contributed by atoms with Crippen LogP contribution in [-0.2, 0) is 11.3 Å². The van der Waals surface area contributed by atoms with E-state index in [-0.39, 0.29) is 0 Å². The molecule has 1 saturated heterocycles. The van der Waals surface area contributed by atoms with E-state index in [9.17, 15) is 0 Å². The first-order chi connectivity index (χ1) is 10.7. The highest BCUT2D eigenvalue weighted by atomic mass is 16.5. The number of nitrogens with zero attached hydrogens (tertiary/aromatic N) is 2. The molecular formula is C18H22N2O2. The Kier molecular flexibility index (Phi) is 3.51. The monoisotopic (exact) mass is 298 g/mol. The van der Waals surface area contributed by atoms with Gasteiger partial charge in [0.1, 0.15) is 12.5 Å². The Morgan fingerprint density at radius 2 is 2.23 bits per heavy atom. The zero-order chi connectivity index (χ0) is 15.1. The van der Waals surface area contributed by atoms with Crippen LogP contribution in [0.25, 0.3) is 10.9 Å². The van der Waals surface area contributed by atoms with Crippen LogP contribution in [0.4, 0.5) is 0 Å². The number of rotatable bonds is 2. The van der Waals surface area contributed by atoms with Gasteiger partial charge in [-0.15, -0.1) is 0 Å². The molecule has 4 nitrogen and oxygen atoms in total. The lowest BCUT2D eigenvalue weighted by Crippen LogP contribution is -2.38. The molecule has 1 aromatic carbocycles. The molecule has 2 aliphatic heterocycles. The molecule has 1 unspecified atom stereocenters. The van der Waals surface area contributed by atoms with Crippen molar-refractivity contribution in [3.05, 3.63) is 35.0 Å². The van der Waals surface area contributed by atoms with E-state index in [1.807, 2.05) is 0 Å². The molecule has 1 atom stereocenters. The maximum Gasteiger partial charge on any atom is 0.142 e. The molecule has 3 heterocycles. The van der Waals surface area contributed by atoms with Crippen LogP contribution < -0.4 is 4.74 Å². The molecular weight excluding hydrogens is 276 g/mol. The standard InChI is InChI=1S/C18H22N2O2/c1-12-5-6-17-15(8-12)18-16(13(2)19-17)10-20(11-22-18)9-14-4-3-7-21-14/h5-6,8,14H,3-4,7,9-11H2,1-2H3. The van der Waals surface area contributed by atoms with Gasteiger partial charge in [0.15, 0.2) is 0 Å². The van der Waals surface area contributed by atoms with Gasteiger partial charge in [0.05, 0.1) is 11.6 Å². The molecule has 0 spiro atoms. The SMILES string of the molecule is Cc1ccc2nc(C)c3c(c2c1)OCN(CC1CCCO1)C3. The minimum absolute atomic E-state index is 0.362. The van der Waals surface area contributed by atoms with Crippen LogP contribution in [0.3, 0.4) is 0 Å². The molecule has 0 amide bonds. The van der Waals surface area contributed by atoms with E-state index in [4.69, 9.17) is 14.5 Å². The van der Waals surface area contributed by atoms with E-state index in [1.165, 1.54) is 17.5 Å². The zero-order valence-corrected chi connectivity index (χ0v) is 13.3. The highest BCUT2D eigenvalue weighted by Gasteiger charge is 2.26. The predicted molar refractivity (Wildman–Crippen MR) is 86.1 cm³/mol. The fourth-order valence-corrected chi connectivity index (χ4v) is 3.47. The predicted octanol–water partition coefficient (Wildman–Crippen LogP) is 3.18. The average Bonchev–Trinajstić information content (AvgIpc) is 3.01. The van der Waals surface area contributed by atoms with Crippen molar-refractivity contribution in [1.29, 1.82) is 0 Å². The number of benzene rings is 1. The quantitative estimate of drug-likeness (QED) is 0.853. The number of aromatic nitrogens is 1. The molecule has 4 heteroatoms. The number of aryl methyl sites for hydroxylation is 2. The minimum Gasteiger partial charge on any atom is -0.477 e. The van der Waals surface area contributed by atoms with E-state index in [0.29, 0.717) is 12.8 Å². The minimum atomic E-state index is 0.362. The highest BCUT2D eigenvalue weighted by molar-refractivity contribution is 5.87. The van der Waals surface area contributed by atoms with Crippen molar-refractivity contribution in [2.45, 2.75) is 39.3 Å². The molecule has 1 fully saturated rings. The molecule has 0 saturated carbocycles. The highest BCUT2D eigenvalue weighted by Crippen LogP contribution is 2.35. The van der Waals surface area contributed by atoms with E-state index < -0.39 is 0 Å². The van der Waals surface area contributed by atoms with Crippen molar-refractivity contribution < 1.29 is 9.47 Å². The molecule has 0 radical (unpaired) electrons. The number of hydrogen-bond donors (Lipinski definition) is 0. The van der Waals surface area contributed by atoms with Crippen molar-refractivity contribution in [2.75, 3.05) is 19.9 Å². The number of fused-ring (bicyclic) bond motifs is 3. The third-order valence-electron chi connectivity index (χ3n) is 4.65. The smallest absolute Gasteiger partial charge is 0.142 e. The van der Waals surface area contributed by atoms with Crippen molar-refractivity contribution in [3.8, 4) is 5.75 Å². The first kappa shape index (κ1) is 14.0. The van der Waals surface area contributed by atoms with E-state index in [1.54, 1.807) is 0 Å². The van der Waals surface area contributed by atoms with Crippen LogP contribution >= 0.6 is 0 Å². The third kappa shape index (κ3) is 2.46. The van der Waals surface area contributed by atoms with Crippen LogP contribution in [0.2, 0.25) is 0 Å². The summed E-state index contributed by atoms with van der Waals surface area (Å²) in [5.74, 6) is 1.02. The van der Waals surface area contributed by atoms with E-state index >= 15 is 0 Å². The maximum atomic E-state index is 6.13. The summed E-state index contributed by atoms with van der Waals surface area (Å²) in [6.07, 6.45) is 2.71. The van der Waals surface area contributed by atoms with Crippen molar-refractivity contribution in [1.82, 2.24) is 9.88 Å². The Morgan fingerprint density at radius 1 is 1.32 bits per heavy atom. The normalized spacial score (nSPS) is 21.8. The first-order valence-corrected chi connectivity index (χ1v) is 8.07. The van der Waals surface area contributed by atoms with Gasteiger partial charge in [0, 0.05) is 36.3 Å². The first-order valence-electron chi connectivity index (χ1n) is 8.07. The number of ether oxygens (including phenoxy) is 2. The van der Waals surface area contributed by atoms with Gasteiger partial charge in [-0.3, -0.25) is 9.88 Å². The van der Waals surface area contributed by atoms with Gasteiger partial charge in [-0.2, -0.15) is 0 Å². The molecule has 0 bridgehead atoms. The summed E-state index contributed by atoms with van der Waals surface area (Å²) in [6.45, 7) is 7.58. The molecule has 1 aromatic heterocycles. The Labute approximate surface area is 131 Å². The largest absolute Gasteiger partial charge is 0.477 e. The maximum absolute atomic E-state index is 6.13. The number of hydrogen-bond acceptors (Lipinski definition) is 4. The lowest BCUT2D eigenvalue weighted by atomic mass is 10.0. The van der Waals surface area contributed by atoms with Gasteiger partial charge >= 0.3 is 0 Å². The molecule has 22 heavy (non-hydrogen) atoms. The second-order valence-corrected chi connectivity index (χ2v) is 6.45. The Hall–Kier alpha value is -1.65. The van der Waals surface area contributed by atoms with Gasteiger partial charge < -0.3 is 9.47 Å². The molecule has 0 aliphatic carbocycles. The topological polar surface area (TPSA) is 34.6 Å². The Bertz CT molecular complexity index is 708. The number of pyridine rings is 1. The van der Waals surface area contributed by atoms with Crippen LogP contribution in [0.1, 0.15) is 29.7 Å². The Morgan fingerprint density at radius 3 is 3.05 bits per heavy atom. The summed E-state index contributed by atoms with van der Waals surface area (Å²) >= 11 is 0. The lowest BCUT2D eigenvalue weighted by molar-refractivity contribution is 0.0283. The summed E-state index contributed by atoms with van der Waals surface area (Å²) in [5, 5.41) is 1.14. The fraction of sp³-hybridized carbons (Fsp3) is 0.500. The summed E-state index contributed by atoms with van der Waals surface area (Å²) in [7, 11) is 0. The molecule has 2 aromatic rings. The van der Waals surface area contributed by atoms with Crippen molar-refractivity contribution in [3.63, 3.8) is 0 Å². The average molecular weight is 298 g/mol. The van der Waals surface area contributed by atoms with Crippen LogP contribution in [-0.4, -0.2) is 35.9 Å².